The van der Waals surface area contributed by atoms with E-state index in [4.69, 9.17) is 4.74 Å². The van der Waals surface area contributed by atoms with Crippen LogP contribution in [0.3, 0.4) is 0 Å². The van der Waals surface area contributed by atoms with Crippen LogP contribution in [0.2, 0.25) is 0 Å². The maximum absolute atomic E-state index is 12.3. The molecular weight excluding hydrogens is 410 g/mol. The third kappa shape index (κ3) is 7.10. The number of sulfonamides is 1. The number of nitrogens with one attached hydrogen (secondary N) is 3. The second-order valence-electron chi connectivity index (χ2n) is 7.50. The summed E-state index contributed by atoms with van der Waals surface area (Å²) in [4.78, 5) is 35.9. The summed E-state index contributed by atoms with van der Waals surface area (Å²) < 4.78 is 31.7. The Labute approximate surface area is 177 Å². The SMILES string of the molecule is Cc1ccc(S(=O)(=O)NCC(=O)O[C@@H](C)C(=O)NC(=O)NC2CCCCC2)cc1C. The molecule has 2 rings (SSSR count). The van der Waals surface area contributed by atoms with E-state index in [1.807, 2.05) is 6.92 Å². The summed E-state index contributed by atoms with van der Waals surface area (Å²) in [5.41, 5.74) is 1.75. The number of imide groups is 1. The summed E-state index contributed by atoms with van der Waals surface area (Å²) in [5, 5.41) is 4.86. The molecule has 1 aromatic rings. The van der Waals surface area contributed by atoms with E-state index in [-0.39, 0.29) is 10.9 Å². The minimum atomic E-state index is -3.90. The van der Waals surface area contributed by atoms with Crippen LogP contribution in [0.4, 0.5) is 4.79 Å². The number of benzene rings is 1. The molecule has 0 bridgehead atoms. The number of hydrogen-bond donors (Lipinski definition) is 3. The van der Waals surface area contributed by atoms with Gasteiger partial charge >= 0.3 is 12.0 Å². The molecule has 0 heterocycles. The number of amides is 3. The Morgan fingerprint density at radius 3 is 2.40 bits per heavy atom. The number of urea groups is 1. The molecule has 3 N–H and O–H groups in total. The topological polar surface area (TPSA) is 131 Å². The molecule has 1 aliphatic carbocycles. The second kappa shape index (κ2) is 10.5. The first-order chi connectivity index (χ1) is 14.1. The molecule has 0 radical (unpaired) electrons. The van der Waals surface area contributed by atoms with Crippen molar-refractivity contribution in [3.63, 3.8) is 0 Å². The van der Waals surface area contributed by atoms with Gasteiger partial charge in [-0.25, -0.2) is 13.2 Å². The lowest BCUT2D eigenvalue weighted by molar-refractivity contribution is -0.153. The van der Waals surface area contributed by atoms with Crippen molar-refractivity contribution in [1.29, 1.82) is 0 Å². The summed E-state index contributed by atoms with van der Waals surface area (Å²) in [5.74, 6) is -1.72. The lowest BCUT2D eigenvalue weighted by atomic mass is 9.96. The van der Waals surface area contributed by atoms with Crippen LogP contribution in [0.5, 0.6) is 0 Å². The normalized spacial score (nSPS) is 15.8. The van der Waals surface area contributed by atoms with E-state index in [2.05, 4.69) is 15.4 Å². The quantitative estimate of drug-likeness (QED) is 0.554. The Morgan fingerprint density at radius 2 is 1.77 bits per heavy atom. The van der Waals surface area contributed by atoms with Crippen molar-refractivity contribution in [1.82, 2.24) is 15.4 Å². The predicted molar refractivity (Wildman–Crippen MR) is 110 cm³/mol. The zero-order chi connectivity index (χ0) is 22.3. The predicted octanol–water partition coefficient (Wildman–Crippen LogP) is 1.67. The Bertz CT molecular complexity index is 894. The molecule has 10 heteroatoms. The molecule has 1 aliphatic rings. The van der Waals surface area contributed by atoms with Crippen molar-refractivity contribution in [2.45, 2.75) is 69.9 Å². The van der Waals surface area contributed by atoms with Crippen molar-refractivity contribution >= 4 is 27.9 Å². The van der Waals surface area contributed by atoms with Crippen LogP contribution in [0.25, 0.3) is 0 Å². The molecule has 0 aliphatic heterocycles. The van der Waals surface area contributed by atoms with E-state index in [1.54, 1.807) is 13.0 Å². The number of ether oxygens (including phenoxy) is 1. The van der Waals surface area contributed by atoms with E-state index >= 15 is 0 Å². The standard InChI is InChI=1S/C20H29N3O6S/c1-13-9-10-17(11-14(13)2)30(27,28)21-12-18(24)29-15(3)19(25)23-20(26)22-16-7-5-4-6-8-16/h9-11,15-16,21H,4-8,12H2,1-3H3,(H2,22,23,25,26)/t15-/m0/s1. The minimum Gasteiger partial charge on any atom is -0.452 e. The Morgan fingerprint density at radius 1 is 1.10 bits per heavy atom. The summed E-state index contributed by atoms with van der Waals surface area (Å²) >= 11 is 0. The number of esters is 1. The first kappa shape index (κ1) is 23.8. The lowest BCUT2D eigenvalue weighted by Gasteiger charge is -2.23. The number of aryl methyl sites for hydroxylation is 2. The summed E-state index contributed by atoms with van der Waals surface area (Å²) in [7, 11) is -3.90. The van der Waals surface area contributed by atoms with Crippen molar-refractivity contribution in [2.75, 3.05) is 6.54 Å². The molecule has 30 heavy (non-hydrogen) atoms. The minimum absolute atomic E-state index is 0.0311. The third-order valence-electron chi connectivity index (χ3n) is 5.05. The van der Waals surface area contributed by atoms with Gasteiger partial charge in [0, 0.05) is 6.04 Å². The number of carbonyl (C=O) groups is 3. The zero-order valence-corrected chi connectivity index (χ0v) is 18.3. The maximum Gasteiger partial charge on any atom is 0.321 e. The monoisotopic (exact) mass is 439 g/mol. The number of hydrogen-bond acceptors (Lipinski definition) is 6. The van der Waals surface area contributed by atoms with E-state index < -0.39 is 40.6 Å². The van der Waals surface area contributed by atoms with E-state index in [0.717, 1.165) is 43.2 Å². The smallest absolute Gasteiger partial charge is 0.321 e. The molecule has 1 aromatic carbocycles. The van der Waals surface area contributed by atoms with E-state index in [0.29, 0.717) is 0 Å². The molecule has 9 nitrogen and oxygen atoms in total. The van der Waals surface area contributed by atoms with Crippen molar-refractivity contribution in [3.8, 4) is 0 Å². The first-order valence-electron chi connectivity index (χ1n) is 9.96. The molecule has 166 valence electrons. The van der Waals surface area contributed by atoms with Crippen molar-refractivity contribution < 1.29 is 27.5 Å². The van der Waals surface area contributed by atoms with Gasteiger partial charge in [-0.15, -0.1) is 0 Å². The summed E-state index contributed by atoms with van der Waals surface area (Å²) in [6.07, 6.45) is 3.69. The fourth-order valence-electron chi connectivity index (χ4n) is 3.09. The van der Waals surface area contributed by atoms with Gasteiger partial charge < -0.3 is 10.1 Å². The third-order valence-corrected chi connectivity index (χ3v) is 6.45. The fourth-order valence-corrected chi connectivity index (χ4v) is 4.15. The highest BCUT2D eigenvalue weighted by Gasteiger charge is 2.23. The molecule has 1 atom stereocenters. The number of carbonyl (C=O) groups excluding carboxylic acids is 3. The molecule has 1 fully saturated rings. The van der Waals surface area contributed by atoms with Gasteiger partial charge in [-0.2, -0.15) is 4.72 Å². The van der Waals surface area contributed by atoms with E-state index in [9.17, 15) is 22.8 Å². The Kier molecular flexibility index (Phi) is 8.36. The van der Waals surface area contributed by atoms with Gasteiger partial charge in [-0.1, -0.05) is 25.3 Å². The van der Waals surface area contributed by atoms with Crippen LogP contribution in [0.15, 0.2) is 23.1 Å². The Balaban J connectivity index is 1.79. The first-order valence-corrected chi connectivity index (χ1v) is 11.4. The van der Waals surface area contributed by atoms with Gasteiger partial charge in [0.15, 0.2) is 6.10 Å². The molecule has 3 amide bonds. The molecule has 0 aromatic heterocycles. The number of rotatable bonds is 7. The largest absolute Gasteiger partial charge is 0.452 e. The molecule has 1 saturated carbocycles. The van der Waals surface area contributed by atoms with Crippen molar-refractivity contribution in [3.05, 3.63) is 29.3 Å². The van der Waals surface area contributed by atoms with Gasteiger partial charge in [0.05, 0.1) is 4.90 Å². The zero-order valence-electron chi connectivity index (χ0n) is 17.5. The maximum atomic E-state index is 12.3. The average molecular weight is 440 g/mol. The second-order valence-corrected chi connectivity index (χ2v) is 9.27. The van der Waals surface area contributed by atoms with Crippen molar-refractivity contribution in [2.24, 2.45) is 0 Å². The van der Waals surface area contributed by atoms with Gasteiger partial charge in [0.1, 0.15) is 6.54 Å². The van der Waals surface area contributed by atoms with Gasteiger partial charge in [-0.05, 0) is 56.9 Å². The van der Waals surface area contributed by atoms with Gasteiger partial charge in [0.2, 0.25) is 10.0 Å². The molecular formula is C20H29N3O6S. The molecule has 0 unspecified atom stereocenters. The highest BCUT2D eigenvalue weighted by Crippen LogP contribution is 2.17. The van der Waals surface area contributed by atoms with Crippen LogP contribution >= 0.6 is 0 Å². The Hall–Kier alpha value is -2.46. The van der Waals surface area contributed by atoms with Crippen LogP contribution in [0, 0.1) is 13.8 Å². The van der Waals surface area contributed by atoms with Gasteiger partial charge in [-0.3, -0.25) is 14.9 Å². The average Bonchev–Trinajstić information content (AvgIpc) is 2.69. The van der Waals surface area contributed by atoms with Crippen LogP contribution in [0.1, 0.15) is 50.2 Å². The highest BCUT2D eigenvalue weighted by molar-refractivity contribution is 7.89. The molecule has 0 saturated heterocycles. The van der Waals surface area contributed by atoms with Crippen LogP contribution < -0.4 is 15.4 Å². The highest BCUT2D eigenvalue weighted by atomic mass is 32.2. The lowest BCUT2D eigenvalue weighted by Crippen LogP contribution is -2.48. The van der Waals surface area contributed by atoms with Crippen LogP contribution in [-0.4, -0.2) is 45.0 Å². The summed E-state index contributed by atoms with van der Waals surface area (Å²) in [6, 6.07) is 4.02. The van der Waals surface area contributed by atoms with Gasteiger partial charge in [0.25, 0.3) is 5.91 Å². The fraction of sp³-hybridized carbons (Fsp3) is 0.550. The summed E-state index contributed by atoms with van der Waals surface area (Å²) in [6.45, 7) is 4.31. The van der Waals surface area contributed by atoms with E-state index in [1.165, 1.54) is 19.1 Å². The van der Waals surface area contributed by atoms with Crippen LogP contribution in [-0.2, 0) is 24.3 Å². The molecule has 0 spiro atoms.